The van der Waals surface area contributed by atoms with Gasteiger partial charge in [-0.15, -0.1) is 0 Å². The molecule has 0 bridgehead atoms. The summed E-state index contributed by atoms with van der Waals surface area (Å²) in [7, 11) is 0. The van der Waals surface area contributed by atoms with Crippen LogP contribution in [0.1, 0.15) is 20.8 Å². The summed E-state index contributed by atoms with van der Waals surface area (Å²) >= 11 is 0. The summed E-state index contributed by atoms with van der Waals surface area (Å²) in [6, 6.07) is 9.82. The van der Waals surface area contributed by atoms with Crippen LogP contribution in [0.15, 0.2) is 30.3 Å². The normalized spacial score (nSPS) is 19.4. The maximum absolute atomic E-state index is 11.7. The Labute approximate surface area is 96.0 Å². The Bertz CT molecular complexity index is 381. The summed E-state index contributed by atoms with van der Waals surface area (Å²) < 4.78 is 5.33. The number of rotatable bonds is 2. The van der Waals surface area contributed by atoms with Gasteiger partial charge in [0.15, 0.2) is 0 Å². The minimum Gasteiger partial charge on any atom is -0.458 e. The molecule has 2 rings (SSSR count). The SMILES string of the molecule is CC(C)(C)OC(=O)[C@H]1CN1c1ccccc1. The van der Waals surface area contributed by atoms with Crippen molar-refractivity contribution < 1.29 is 9.53 Å². The van der Waals surface area contributed by atoms with Gasteiger partial charge in [-0.3, -0.25) is 0 Å². The van der Waals surface area contributed by atoms with Gasteiger partial charge in [0.2, 0.25) is 0 Å². The van der Waals surface area contributed by atoms with Crippen LogP contribution < -0.4 is 4.90 Å². The van der Waals surface area contributed by atoms with Crippen molar-refractivity contribution in [2.45, 2.75) is 32.4 Å². The minimum atomic E-state index is -0.401. The number of benzene rings is 1. The number of nitrogens with zero attached hydrogens (tertiary/aromatic N) is 1. The fourth-order valence-corrected chi connectivity index (χ4v) is 1.62. The number of carbonyl (C=O) groups excluding carboxylic acids is 1. The van der Waals surface area contributed by atoms with Crippen LogP contribution in [0.5, 0.6) is 0 Å². The topological polar surface area (TPSA) is 29.3 Å². The van der Waals surface area contributed by atoms with Crippen molar-refractivity contribution in [3.8, 4) is 0 Å². The summed E-state index contributed by atoms with van der Waals surface area (Å²) in [5.74, 6) is -0.128. The van der Waals surface area contributed by atoms with Crippen LogP contribution in [-0.2, 0) is 9.53 Å². The molecule has 0 amide bonds. The van der Waals surface area contributed by atoms with Gasteiger partial charge >= 0.3 is 5.97 Å². The highest BCUT2D eigenvalue weighted by Gasteiger charge is 2.43. The average Bonchev–Trinajstić information content (AvgIpc) is 2.96. The summed E-state index contributed by atoms with van der Waals surface area (Å²) in [4.78, 5) is 13.8. The standard InChI is InChI=1S/C13H17NO2/c1-13(2,3)16-12(15)11-9-14(11)10-7-5-4-6-8-10/h4-8,11H,9H2,1-3H3/t11-,14?/m1/s1. The highest BCUT2D eigenvalue weighted by molar-refractivity contribution is 5.86. The van der Waals surface area contributed by atoms with Gasteiger partial charge in [0, 0.05) is 5.69 Å². The van der Waals surface area contributed by atoms with Crippen molar-refractivity contribution in [2.24, 2.45) is 0 Å². The molecule has 1 aromatic carbocycles. The van der Waals surface area contributed by atoms with E-state index >= 15 is 0 Å². The third-order valence-corrected chi connectivity index (χ3v) is 2.38. The molecule has 3 nitrogen and oxygen atoms in total. The second-order valence-corrected chi connectivity index (χ2v) is 5.04. The van der Waals surface area contributed by atoms with E-state index in [-0.39, 0.29) is 12.0 Å². The first-order valence-electron chi connectivity index (χ1n) is 5.52. The van der Waals surface area contributed by atoms with Crippen molar-refractivity contribution in [3.63, 3.8) is 0 Å². The molecule has 0 unspecified atom stereocenters. The van der Waals surface area contributed by atoms with E-state index in [4.69, 9.17) is 4.74 Å². The van der Waals surface area contributed by atoms with Gasteiger partial charge in [0.25, 0.3) is 0 Å². The molecular formula is C13H17NO2. The van der Waals surface area contributed by atoms with Crippen molar-refractivity contribution in [3.05, 3.63) is 30.3 Å². The molecule has 1 aliphatic heterocycles. The molecule has 86 valence electrons. The van der Waals surface area contributed by atoms with Crippen LogP contribution in [0.3, 0.4) is 0 Å². The van der Waals surface area contributed by atoms with Gasteiger partial charge in [-0.25, -0.2) is 4.79 Å². The van der Waals surface area contributed by atoms with Crippen LogP contribution in [0.4, 0.5) is 5.69 Å². The Hall–Kier alpha value is -1.51. The Balaban J connectivity index is 1.95. The maximum atomic E-state index is 11.7. The van der Waals surface area contributed by atoms with E-state index in [1.54, 1.807) is 0 Å². The van der Waals surface area contributed by atoms with E-state index in [9.17, 15) is 4.79 Å². The highest BCUT2D eigenvalue weighted by Crippen LogP contribution is 2.29. The van der Waals surface area contributed by atoms with Crippen LogP contribution in [0.2, 0.25) is 0 Å². The Morgan fingerprint density at radius 1 is 1.31 bits per heavy atom. The van der Waals surface area contributed by atoms with Crippen molar-refractivity contribution in [1.82, 2.24) is 0 Å². The first kappa shape index (κ1) is 11.0. The highest BCUT2D eigenvalue weighted by atomic mass is 16.6. The molecule has 1 saturated heterocycles. The molecule has 3 heteroatoms. The van der Waals surface area contributed by atoms with Gasteiger partial charge in [-0.05, 0) is 32.9 Å². The summed E-state index contributed by atoms with van der Waals surface area (Å²) in [6.45, 7) is 6.43. The molecule has 0 aromatic heterocycles. The van der Waals surface area contributed by atoms with Crippen LogP contribution in [-0.4, -0.2) is 24.2 Å². The van der Waals surface area contributed by atoms with Crippen molar-refractivity contribution >= 4 is 11.7 Å². The summed E-state index contributed by atoms with van der Waals surface area (Å²) in [6.07, 6.45) is 0. The third kappa shape index (κ3) is 2.54. The van der Waals surface area contributed by atoms with E-state index in [0.717, 1.165) is 12.2 Å². The Morgan fingerprint density at radius 3 is 2.50 bits per heavy atom. The number of para-hydroxylation sites is 1. The van der Waals surface area contributed by atoms with Crippen molar-refractivity contribution in [2.75, 3.05) is 11.4 Å². The molecule has 0 spiro atoms. The minimum absolute atomic E-state index is 0.0957. The molecule has 0 aliphatic carbocycles. The first-order valence-corrected chi connectivity index (χ1v) is 5.52. The second kappa shape index (κ2) is 3.81. The maximum Gasteiger partial charge on any atom is 0.331 e. The molecule has 1 heterocycles. The number of hydrogen-bond acceptors (Lipinski definition) is 3. The fraction of sp³-hybridized carbons (Fsp3) is 0.462. The zero-order valence-electron chi connectivity index (χ0n) is 9.93. The molecule has 1 atom stereocenters. The zero-order chi connectivity index (χ0) is 11.8. The first-order chi connectivity index (χ1) is 7.47. The smallest absolute Gasteiger partial charge is 0.331 e. The lowest BCUT2D eigenvalue weighted by Gasteiger charge is -2.19. The number of ether oxygens (including phenoxy) is 1. The van der Waals surface area contributed by atoms with E-state index in [0.29, 0.717) is 0 Å². The van der Waals surface area contributed by atoms with E-state index in [2.05, 4.69) is 0 Å². The number of esters is 1. The molecule has 16 heavy (non-hydrogen) atoms. The van der Waals surface area contributed by atoms with Gasteiger partial charge < -0.3 is 9.64 Å². The molecule has 1 aliphatic rings. The monoisotopic (exact) mass is 219 g/mol. The molecule has 1 aromatic rings. The summed E-state index contributed by atoms with van der Waals surface area (Å²) in [5, 5.41) is 0. The van der Waals surface area contributed by atoms with Gasteiger partial charge in [0.1, 0.15) is 11.6 Å². The molecular weight excluding hydrogens is 202 g/mol. The molecule has 1 fully saturated rings. The summed E-state index contributed by atoms with van der Waals surface area (Å²) in [5.41, 5.74) is 0.681. The number of anilines is 1. The lowest BCUT2D eigenvalue weighted by atomic mass is 10.2. The van der Waals surface area contributed by atoms with E-state index in [1.165, 1.54) is 0 Å². The predicted octanol–water partition coefficient (Wildman–Crippen LogP) is 2.22. The quantitative estimate of drug-likeness (QED) is 0.564. The lowest BCUT2D eigenvalue weighted by molar-refractivity contribution is -0.153. The predicted molar refractivity (Wildman–Crippen MR) is 63.4 cm³/mol. The zero-order valence-corrected chi connectivity index (χ0v) is 9.93. The van der Waals surface area contributed by atoms with Crippen molar-refractivity contribution in [1.29, 1.82) is 0 Å². The van der Waals surface area contributed by atoms with Gasteiger partial charge in [0.05, 0.1) is 6.54 Å². The fourth-order valence-electron chi connectivity index (χ4n) is 1.62. The molecule has 0 saturated carbocycles. The number of carbonyl (C=O) groups is 1. The van der Waals surface area contributed by atoms with Crippen LogP contribution in [0.25, 0.3) is 0 Å². The van der Waals surface area contributed by atoms with Crippen LogP contribution >= 0.6 is 0 Å². The second-order valence-electron chi connectivity index (χ2n) is 5.04. The third-order valence-electron chi connectivity index (χ3n) is 2.38. The Morgan fingerprint density at radius 2 is 1.94 bits per heavy atom. The Kier molecular flexibility index (Phi) is 2.62. The largest absolute Gasteiger partial charge is 0.458 e. The lowest BCUT2D eigenvalue weighted by Crippen LogP contribution is -2.28. The van der Waals surface area contributed by atoms with Gasteiger partial charge in [-0.1, -0.05) is 18.2 Å². The molecule has 0 N–H and O–H groups in total. The van der Waals surface area contributed by atoms with Crippen LogP contribution in [0, 0.1) is 0 Å². The van der Waals surface area contributed by atoms with E-state index in [1.807, 2.05) is 56.0 Å². The van der Waals surface area contributed by atoms with Gasteiger partial charge in [-0.2, -0.15) is 0 Å². The number of hydrogen-bond donors (Lipinski definition) is 0. The molecule has 0 radical (unpaired) electrons. The van der Waals surface area contributed by atoms with E-state index < -0.39 is 5.60 Å². The average molecular weight is 219 g/mol.